The molecule has 0 bridgehead atoms. The molecule has 4 nitrogen and oxygen atoms in total. The molecular formula is C13H10N2O2. The van der Waals surface area contributed by atoms with Crippen molar-refractivity contribution in [1.82, 2.24) is 10.1 Å². The molecular weight excluding hydrogens is 216 g/mol. The van der Waals surface area contributed by atoms with E-state index in [1.807, 2.05) is 30.3 Å². The second kappa shape index (κ2) is 3.90. The van der Waals surface area contributed by atoms with Crippen LogP contribution in [0.2, 0.25) is 0 Å². The average Bonchev–Trinajstić information content (AvgIpc) is 2.74. The Kier molecular flexibility index (Phi) is 2.26. The fourth-order valence-electron chi connectivity index (χ4n) is 1.92. The number of nitrogens with zero attached hydrogens (tertiary/aromatic N) is 1. The van der Waals surface area contributed by atoms with Gasteiger partial charge in [0.1, 0.15) is 0 Å². The van der Waals surface area contributed by atoms with Crippen molar-refractivity contribution in [3.63, 3.8) is 0 Å². The summed E-state index contributed by atoms with van der Waals surface area (Å²) >= 11 is 0. The second-order valence-corrected chi connectivity index (χ2v) is 3.87. The lowest BCUT2D eigenvalue weighted by Gasteiger charge is -2.01. The van der Waals surface area contributed by atoms with Gasteiger partial charge in [0.05, 0.1) is 11.6 Å². The van der Waals surface area contributed by atoms with E-state index in [1.165, 1.54) is 0 Å². The number of H-pyrrole nitrogens is 1. The van der Waals surface area contributed by atoms with Gasteiger partial charge in [-0.2, -0.15) is 5.16 Å². The molecule has 0 saturated heterocycles. The first-order chi connectivity index (χ1) is 8.34. The van der Waals surface area contributed by atoms with Crippen LogP contribution in [0.1, 0.15) is 11.1 Å². The van der Waals surface area contributed by atoms with Crippen molar-refractivity contribution in [2.24, 2.45) is 0 Å². The van der Waals surface area contributed by atoms with Crippen molar-refractivity contribution >= 4 is 11.0 Å². The number of nitrogens with one attached hydrogen (secondary N) is 1. The van der Waals surface area contributed by atoms with Crippen LogP contribution in [0.4, 0.5) is 0 Å². The van der Waals surface area contributed by atoms with E-state index in [1.54, 1.807) is 12.4 Å². The maximum absolute atomic E-state index is 11.6. The molecule has 0 saturated carbocycles. The first-order valence-electron chi connectivity index (χ1n) is 5.32. The third-order valence-electron chi connectivity index (χ3n) is 2.71. The van der Waals surface area contributed by atoms with E-state index in [0.29, 0.717) is 17.4 Å². The van der Waals surface area contributed by atoms with Gasteiger partial charge in [-0.25, -0.2) is 0 Å². The first kappa shape index (κ1) is 9.84. The smallest absolute Gasteiger partial charge is 0.288 e. The van der Waals surface area contributed by atoms with E-state index in [2.05, 4.69) is 10.1 Å². The lowest BCUT2D eigenvalue weighted by molar-refractivity contribution is 0.448. The number of fused-ring (bicyclic) bond motifs is 1. The van der Waals surface area contributed by atoms with Crippen molar-refractivity contribution in [2.45, 2.75) is 6.42 Å². The summed E-state index contributed by atoms with van der Waals surface area (Å²) in [6.45, 7) is 0. The fraction of sp³-hybridized carbons (Fsp3) is 0.0769. The van der Waals surface area contributed by atoms with E-state index in [-0.39, 0.29) is 5.56 Å². The Morgan fingerprint density at radius 1 is 1.18 bits per heavy atom. The predicted octanol–water partition coefficient (Wildman–Crippen LogP) is 2.11. The van der Waals surface area contributed by atoms with Gasteiger partial charge in [-0.05, 0) is 17.5 Å². The van der Waals surface area contributed by atoms with Gasteiger partial charge in [-0.1, -0.05) is 30.3 Å². The Bertz CT molecular complexity index is 698. The van der Waals surface area contributed by atoms with Crippen LogP contribution in [-0.4, -0.2) is 10.1 Å². The number of pyridine rings is 1. The van der Waals surface area contributed by atoms with Crippen molar-refractivity contribution in [3.05, 3.63) is 64.2 Å². The van der Waals surface area contributed by atoms with E-state index >= 15 is 0 Å². The molecule has 0 aliphatic carbocycles. The van der Waals surface area contributed by atoms with Crippen molar-refractivity contribution in [1.29, 1.82) is 0 Å². The van der Waals surface area contributed by atoms with Crippen LogP contribution >= 0.6 is 0 Å². The molecule has 4 heteroatoms. The number of benzene rings is 1. The Morgan fingerprint density at radius 2 is 2.00 bits per heavy atom. The molecule has 0 spiro atoms. The van der Waals surface area contributed by atoms with Gasteiger partial charge in [0.15, 0.2) is 5.58 Å². The van der Waals surface area contributed by atoms with Crippen molar-refractivity contribution in [3.8, 4) is 0 Å². The summed E-state index contributed by atoms with van der Waals surface area (Å²) in [7, 11) is 0. The monoisotopic (exact) mass is 226 g/mol. The van der Waals surface area contributed by atoms with Gasteiger partial charge in [0, 0.05) is 6.20 Å². The normalized spacial score (nSPS) is 10.8. The number of rotatable bonds is 2. The quantitative estimate of drug-likeness (QED) is 0.728. The molecule has 0 aliphatic rings. The molecule has 2 heterocycles. The Labute approximate surface area is 96.9 Å². The standard InChI is InChI=1S/C13H10N2O2/c16-13-12-10(6-9-4-2-1-3-5-9)7-14-8-11(12)17-15-13/h1-5,7-8H,6H2,(H,15,16). The van der Waals surface area contributed by atoms with Crippen LogP contribution < -0.4 is 5.56 Å². The van der Waals surface area contributed by atoms with E-state index < -0.39 is 0 Å². The molecule has 1 aromatic carbocycles. The fourth-order valence-corrected chi connectivity index (χ4v) is 1.92. The lowest BCUT2D eigenvalue weighted by atomic mass is 10.0. The van der Waals surface area contributed by atoms with Gasteiger partial charge in [0.25, 0.3) is 5.56 Å². The highest BCUT2D eigenvalue weighted by Gasteiger charge is 2.09. The summed E-state index contributed by atoms with van der Waals surface area (Å²) < 4.78 is 5.03. The molecule has 84 valence electrons. The molecule has 3 rings (SSSR count). The molecule has 17 heavy (non-hydrogen) atoms. The minimum absolute atomic E-state index is 0.201. The largest absolute Gasteiger partial charge is 0.377 e. The van der Waals surface area contributed by atoms with Crippen LogP contribution in [0.5, 0.6) is 0 Å². The summed E-state index contributed by atoms with van der Waals surface area (Å²) in [6.07, 6.45) is 3.93. The topological polar surface area (TPSA) is 58.9 Å². The summed E-state index contributed by atoms with van der Waals surface area (Å²) in [5.41, 5.74) is 2.32. The molecule has 0 aliphatic heterocycles. The van der Waals surface area contributed by atoms with Crippen molar-refractivity contribution < 1.29 is 4.52 Å². The van der Waals surface area contributed by atoms with Gasteiger partial charge in [-0.3, -0.25) is 9.78 Å². The highest BCUT2D eigenvalue weighted by molar-refractivity contribution is 5.78. The Morgan fingerprint density at radius 3 is 2.82 bits per heavy atom. The zero-order valence-corrected chi connectivity index (χ0v) is 9.01. The minimum atomic E-state index is -0.201. The average molecular weight is 226 g/mol. The molecule has 2 aromatic heterocycles. The van der Waals surface area contributed by atoms with Gasteiger partial charge < -0.3 is 4.52 Å². The van der Waals surface area contributed by atoms with E-state index in [0.717, 1.165) is 11.1 Å². The van der Waals surface area contributed by atoms with Crippen LogP contribution in [-0.2, 0) is 6.42 Å². The zero-order valence-electron chi connectivity index (χ0n) is 9.01. The maximum Gasteiger partial charge on any atom is 0.288 e. The molecule has 0 unspecified atom stereocenters. The van der Waals surface area contributed by atoms with E-state index in [4.69, 9.17) is 4.52 Å². The molecule has 0 amide bonds. The predicted molar refractivity (Wildman–Crippen MR) is 63.9 cm³/mol. The highest BCUT2D eigenvalue weighted by Crippen LogP contribution is 2.16. The third kappa shape index (κ3) is 1.73. The lowest BCUT2D eigenvalue weighted by Crippen LogP contribution is -2.01. The van der Waals surface area contributed by atoms with Crippen LogP contribution in [0, 0.1) is 0 Å². The molecule has 0 fully saturated rings. The molecule has 0 radical (unpaired) electrons. The Balaban J connectivity index is 2.12. The summed E-state index contributed by atoms with van der Waals surface area (Å²) in [4.78, 5) is 15.7. The van der Waals surface area contributed by atoms with Gasteiger partial charge in [0.2, 0.25) is 0 Å². The first-order valence-corrected chi connectivity index (χ1v) is 5.32. The van der Waals surface area contributed by atoms with Gasteiger partial charge >= 0.3 is 0 Å². The number of hydrogen-bond donors (Lipinski definition) is 1. The molecule has 1 N–H and O–H groups in total. The Hall–Kier alpha value is -2.36. The SMILES string of the molecule is O=c1[nH]oc2cncc(Cc3ccccc3)c12. The van der Waals surface area contributed by atoms with Gasteiger partial charge in [-0.15, -0.1) is 0 Å². The number of aromatic nitrogens is 2. The highest BCUT2D eigenvalue weighted by atomic mass is 16.5. The number of hydrogen-bond acceptors (Lipinski definition) is 3. The number of aromatic amines is 1. The third-order valence-corrected chi connectivity index (χ3v) is 2.71. The van der Waals surface area contributed by atoms with E-state index in [9.17, 15) is 4.79 Å². The minimum Gasteiger partial charge on any atom is -0.377 e. The molecule has 0 atom stereocenters. The summed E-state index contributed by atoms with van der Waals surface area (Å²) in [5.74, 6) is 0. The second-order valence-electron chi connectivity index (χ2n) is 3.87. The van der Waals surface area contributed by atoms with Crippen LogP contribution in [0.3, 0.4) is 0 Å². The van der Waals surface area contributed by atoms with Crippen LogP contribution in [0.15, 0.2) is 52.0 Å². The summed E-state index contributed by atoms with van der Waals surface area (Å²) in [6, 6.07) is 9.96. The molecule has 3 aromatic rings. The zero-order chi connectivity index (χ0) is 11.7. The maximum atomic E-state index is 11.6. The van der Waals surface area contributed by atoms with Crippen LogP contribution in [0.25, 0.3) is 11.0 Å². The summed E-state index contributed by atoms with van der Waals surface area (Å²) in [5, 5.41) is 2.92. The van der Waals surface area contributed by atoms with Crippen molar-refractivity contribution in [2.75, 3.05) is 0 Å².